The van der Waals surface area contributed by atoms with Gasteiger partial charge < -0.3 is 14.9 Å². The highest BCUT2D eigenvalue weighted by atomic mass is 15.1. The zero-order valence-electron chi connectivity index (χ0n) is 12.3. The highest BCUT2D eigenvalue weighted by Gasteiger charge is 2.08. The van der Waals surface area contributed by atoms with Gasteiger partial charge in [-0.2, -0.15) is 0 Å². The number of aromatic nitrogens is 4. The van der Waals surface area contributed by atoms with E-state index in [1.165, 1.54) is 5.52 Å². The van der Waals surface area contributed by atoms with Crippen molar-refractivity contribution in [1.29, 1.82) is 0 Å². The fourth-order valence-electron chi connectivity index (χ4n) is 2.58. The minimum absolute atomic E-state index is 0.794. The van der Waals surface area contributed by atoms with Gasteiger partial charge in [-0.1, -0.05) is 19.1 Å². The van der Waals surface area contributed by atoms with E-state index in [0.29, 0.717) is 0 Å². The van der Waals surface area contributed by atoms with Crippen molar-refractivity contribution in [2.45, 2.75) is 32.9 Å². The fraction of sp³-hybridized carbons (Fsp3) is 0.375. The van der Waals surface area contributed by atoms with Gasteiger partial charge in [0.25, 0.3) is 0 Å². The largest absolute Gasteiger partial charge is 0.348 e. The molecule has 5 nitrogen and oxygen atoms in total. The Hall–Kier alpha value is -2.14. The molecule has 0 atom stereocenters. The summed E-state index contributed by atoms with van der Waals surface area (Å²) in [6.45, 7) is 4.92. The zero-order valence-corrected chi connectivity index (χ0v) is 12.3. The zero-order chi connectivity index (χ0) is 14.5. The van der Waals surface area contributed by atoms with Crippen molar-refractivity contribution in [3.8, 4) is 0 Å². The lowest BCUT2D eigenvalue weighted by molar-refractivity contribution is 0.597. The molecule has 0 spiro atoms. The van der Waals surface area contributed by atoms with Crippen LogP contribution in [-0.4, -0.2) is 26.1 Å². The number of aryl methyl sites for hydroxylation is 1. The molecule has 3 aromatic rings. The molecular formula is C16H21N5. The van der Waals surface area contributed by atoms with Crippen LogP contribution in [0.3, 0.4) is 0 Å². The lowest BCUT2D eigenvalue weighted by Crippen LogP contribution is -2.19. The second-order valence-electron chi connectivity index (χ2n) is 5.17. The standard InChI is InChI=1S/C16H21N5/c1-2-9-21-15-6-4-3-5-14(15)20-16(21)11-17-8-7-13-10-18-12-19-13/h3-6,10,12,17H,2,7-9,11H2,1H3,(H,18,19). The van der Waals surface area contributed by atoms with Crippen molar-refractivity contribution in [1.82, 2.24) is 24.8 Å². The van der Waals surface area contributed by atoms with Crippen molar-refractivity contribution in [3.05, 3.63) is 48.3 Å². The summed E-state index contributed by atoms with van der Waals surface area (Å²) in [7, 11) is 0. The monoisotopic (exact) mass is 283 g/mol. The van der Waals surface area contributed by atoms with Crippen LogP contribution in [-0.2, 0) is 19.5 Å². The first kappa shape index (κ1) is 13.8. The van der Waals surface area contributed by atoms with Gasteiger partial charge in [-0.15, -0.1) is 0 Å². The summed E-state index contributed by atoms with van der Waals surface area (Å²) in [5.74, 6) is 1.11. The highest BCUT2D eigenvalue weighted by Crippen LogP contribution is 2.16. The van der Waals surface area contributed by atoms with Gasteiger partial charge in [0, 0.05) is 31.4 Å². The number of para-hydroxylation sites is 2. The van der Waals surface area contributed by atoms with Gasteiger partial charge in [0.05, 0.1) is 23.9 Å². The van der Waals surface area contributed by atoms with Crippen LogP contribution < -0.4 is 5.32 Å². The van der Waals surface area contributed by atoms with Crippen LogP contribution in [0.1, 0.15) is 24.9 Å². The molecule has 0 amide bonds. The molecule has 0 bridgehead atoms. The van der Waals surface area contributed by atoms with E-state index in [4.69, 9.17) is 4.98 Å². The van der Waals surface area contributed by atoms with Crippen LogP contribution in [0.25, 0.3) is 11.0 Å². The first-order chi connectivity index (χ1) is 10.4. The number of imidazole rings is 2. The maximum absolute atomic E-state index is 4.75. The molecule has 1 aromatic carbocycles. The van der Waals surface area contributed by atoms with E-state index in [-0.39, 0.29) is 0 Å². The molecule has 2 heterocycles. The van der Waals surface area contributed by atoms with Gasteiger partial charge in [0.2, 0.25) is 0 Å². The smallest absolute Gasteiger partial charge is 0.123 e. The summed E-state index contributed by atoms with van der Waals surface area (Å²) >= 11 is 0. The SMILES string of the molecule is CCCn1c(CNCCc2cnc[nH]2)nc2ccccc21. The van der Waals surface area contributed by atoms with E-state index in [2.05, 4.69) is 45.0 Å². The third-order valence-corrected chi connectivity index (χ3v) is 3.59. The molecule has 21 heavy (non-hydrogen) atoms. The Morgan fingerprint density at radius 2 is 2.19 bits per heavy atom. The Bertz CT molecular complexity index is 684. The predicted molar refractivity (Wildman–Crippen MR) is 84.0 cm³/mol. The van der Waals surface area contributed by atoms with Gasteiger partial charge >= 0.3 is 0 Å². The van der Waals surface area contributed by atoms with Crippen molar-refractivity contribution < 1.29 is 0 Å². The number of nitrogens with zero attached hydrogens (tertiary/aromatic N) is 3. The number of H-pyrrole nitrogens is 1. The third-order valence-electron chi connectivity index (χ3n) is 3.59. The van der Waals surface area contributed by atoms with Crippen LogP contribution in [0.15, 0.2) is 36.8 Å². The van der Waals surface area contributed by atoms with Gasteiger partial charge in [-0.05, 0) is 18.6 Å². The van der Waals surface area contributed by atoms with Crippen LogP contribution in [0.5, 0.6) is 0 Å². The molecule has 3 rings (SSSR count). The average molecular weight is 283 g/mol. The minimum atomic E-state index is 0.794. The molecule has 0 aliphatic rings. The molecule has 0 radical (unpaired) electrons. The number of benzene rings is 1. The molecule has 5 heteroatoms. The Morgan fingerprint density at radius 1 is 1.29 bits per heavy atom. The molecule has 110 valence electrons. The molecule has 0 unspecified atom stereocenters. The highest BCUT2D eigenvalue weighted by molar-refractivity contribution is 5.75. The van der Waals surface area contributed by atoms with E-state index in [1.54, 1.807) is 6.33 Å². The summed E-state index contributed by atoms with van der Waals surface area (Å²) in [4.78, 5) is 11.9. The van der Waals surface area contributed by atoms with E-state index in [0.717, 1.165) is 49.5 Å². The van der Waals surface area contributed by atoms with Gasteiger partial charge in [0.15, 0.2) is 0 Å². The second kappa shape index (κ2) is 6.54. The summed E-state index contributed by atoms with van der Waals surface area (Å²) in [5, 5.41) is 3.47. The first-order valence-electron chi connectivity index (χ1n) is 7.50. The predicted octanol–water partition coefficient (Wildman–Crippen LogP) is 2.50. The Morgan fingerprint density at radius 3 is 3.00 bits per heavy atom. The van der Waals surface area contributed by atoms with Crippen LogP contribution in [0.4, 0.5) is 0 Å². The molecule has 0 saturated heterocycles. The van der Waals surface area contributed by atoms with Crippen LogP contribution in [0.2, 0.25) is 0 Å². The van der Waals surface area contributed by atoms with Crippen molar-refractivity contribution >= 4 is 11.0 Å². The van der Waals surface area contributed by atoms with Crippen molar-refractivity contribution in [3.63, 3.8) is 0 Å². The summed E-state index contributed by atoms with van der Waals surface area (Å²) < 4.78 is 2.32. The van der Waals surface area contributed by atoms with E-state index >= 15 is 0 Å². The number of hydrogen-bond donors (Lipinski definition) is 2. The minimum Gasteiger partial charge on any atom is -0.348 e. The lowest BCUT2D eigenvalue weighted by Gasteiger charge is -2.08. The Kier molecular flexibility index (Phi) is 4.31. The maximum Gasteiger partial charge on any atom is 0.123 e. The molecule has 2 N–H and O–H groups in total. The number of fused-ring (bicyclic) bond motifs is 1. The third kappa shape index (κ3) is 3.13. The number of hydrogen-bond acceptors (Lipinski definition) is 3. The van der Waals surface area contributed by atoms with Crippen molar-refractivity contribution in [2.75, 3.05) is 6.54 Å². The van der Waals surface area contributed by atoms with Gasteiger partial charge in [-0.25, -0.2) is 9.97 Å². The quantitative estimate of drug-likeness (QED) is 0.655. The van der Waals surface area contributed by atoms with Gasteiger partial charge in [-0.3, -0.25) is 0 Å². The molecule has 0 aliphatic heterocycles. The van der Waals surface area contributed by atoms with Crippen LogP contribution in [0, 0.1) is 0 Å². The van der Waals surface area contributed by atoms with Gasteiger partial charge in [0.1, 0.15) is 5.82 Å². The summed E-state index contributed by atoms with van der Waals surface area (Å²) in [6, 6.07) is 8.34. The Balaban J connectivity index is 1.66. The lowest BCUT2D eigenvalue weighted by atomic mass is 10.3. The molecule has 0 aliphatic carbocycles. The van der Waals surface area contributed by atoms with Crippen molar-refractivity contribution in [2.24, 2.45) is 0 Å². The molecular weight excluding hydrogens is 262 g/mol. The van der Waals surface area contributed by atoms with E-state index < -0.39 is 0 Å². The van der Waals surface area contributed by atoms with E-state index in [9.17, 15) is 0 Å². The second-order valence-corrected chi connectivity index (χ2v) is 5.17. The molecule has 0 fully saturated rings. The normalized spacial score (nSPS) is 11.3. The Labute approximate surface area is 124 Å². The summed E-state index contributed by atoms with van der Waals surface area (Å²) in [5.41, 5.74) is 3.46. The molecule has 0 saturated carbocycles. The fourth-order valence-corrected chi connectivity index (χ4v) is 2.58. The number of rotatable bonds is 7. The summed E-state index contributed by atoms with van der Waals surface area (Å²) in [6.07, 6.45) is 5.65. The average Bonchev–Trinajstić information content (AvgIpc) is 3.13. The van der Waals surface area contributed by atoms with Crippen LogP contribution >= 0.6 is 0 Å². The number of aromatic amines is 1. The topological polar surface area (TPSA) is 58.5 Å². The number of nitrogens with one attached hydrogen (secondary N) is 2. The van der Waals surface area contributed by atoms with E-state index in [1.807, 2.05) is 12.3 Å². The maximum atomic E-state index is 4.75. The molecule has 2 aromatic heterocycles. The first-order valence-corrected chi connectivity index (χ1v) is 7.50.